The summed E-state index contributed by atoms with van der Waals surface area (Å²) in [4.78, 5) is 37.8. The number of fused-ring (bicyclic) bond motifs is 3. The second-order valence-electron chi connectivity index (χ2n) is 9.98. The topological polar surface area (TPSA) is 162 Å². The smallest absolute Gasteiger partial charge is 0.255 e. The summed E-state index contributed by atoms with van der Waals surface area (Å²) >= 11 is 0. The number of aliphatic hydroxyl groups excluding tert-OH is 2. The van der Waals surface area contributed by atoms with Gasteiger partial charge in [-0.3, -0.25) is 14.4 Å². The number of rotatable bonds is 6. The lowest BCUT2D eigenvalue weighted by molar-refractivity contribution is -0.127. The van der Waals surface area contributed by atoms with Crippen LogP contribution in [0.5, 0.6) is 5.75 Å². The van der Waals surface area contributed by atoms with Crippen molar-refractivity contribution in [2.24, 2.45) is 23.5 Å². The van der Waals surface area contributed by atoms with Crippen molar-refractivity contribution in [2.75, 3.05) is 12.4 Å². The third-order valence-electron chi connectivity index (χ3n) is 7.83. The van der Waals surface area contributed by atoms with Gasteiger partial charge in [-0.2, -0.15) is 0 Å². The fraction of sp³-hybridized carbons (Fsp3) is 0.321. The van der Waals surface area contributed by atoms with E-state index in [1.807, 2.05) is 0 Å². The number of phenolic OH excluding ortho intramolecular Hbond substituents is 1. The van der Waals surface area contributed by atoms with Crippen LogP contribution in [0.2, 0.25) is 0 Å². The van der Waals surface area contributed by atoms with Crippen LogP contribution in [0.3, 0.4) is 0 Å². The maximum atomic E-state index is 14.0. The van der Waals surface area contributed by atoms with Gasteiger partial charge in [0.1, 0.15) is 28.7 Å². The lowest BCUT2D eigenvalue weighted by Gasteiger charge is -2.41. The molecule has 3 aliphatic carbocycles. The van der Waals surface area contributed by atoms with Gasteiger partial charge in [-0.05, 0) is 42.4 Å². The van der Waals surface area contributed by atoms with Crippen molar-refractivity contribution < 1.29 is 34.1 Å². The predicted octanol–water partition coefficient (Wildman–Crippen LogP) is 2.78. The highest BCUT2D eigenvalue weighted by Gasteiger charge is 2.51. The molecule has 0 saturated heterocycles. The van der Waals surface area contributed by atoms with Gasteiger partial charge in [-0.1, -0.05) is 18.2 Å². The number of amides is 1. The Morgan fingerprint density at radius 3 is 2.50 bits per heavy atom. The SMILES string of the molecule is CNc1cc(CNCc2ccccc2F)c(O)c2c1CC1CC3CC(=O)C(C(N)=O)=C(O)C3C(=O)C1=C2O. The number of anilines is 1. The zero-order valence-corrected chi connectivity index (χ0v) is 20.7. The molecule has 0 radical (unpaired) electrons. The van der Waals surface area contributed by atoms with Crippen molar-refractivity contribution in [3.05, 3.63) is 75.3 Å². The van der Waals surface area contributed by atoms with E-state index in [-0.39, 0.29) is 42.2 Å². The lowest BCUT2D eigenvalue weighted by atomic mass is 9.61. The Bertz CT molecular complexity index is 1450. The number of aromatic hydroxyl groups is 1. The molecule has 2 aromatic carbocycles. The van der Waals surface area contributed by atoms with Gasteiger partial charge < -0.3 is 31.7 Å². The summed E-state index contributed by atoms with van der Waals surface area (Å²) in [6.45, 7) is 0.363. The Morgan fingerprint density at radius 1 is 1.11 bits per heavy atom. The van der Waals surface area contributed by atoms with Gasteiger partial charge in [0.25, 0.3) is 5.91 Å². The molecule has 10 heteroatoms. The van der Waals surface area contributed by atoms with Crippen molar-refractivity contribution >= 4 is 28.9 Å². The summed E-state index contributed by atoms with van der Waals surface area (Å²) in [6, 6.07) is 8.08. The molecule has 198 valence electrons. The number of hydrogen-bond acceptors (Lipinski definition) is 8. The summed E-state index contributed by atoms with van der Waals surface area (Å²) in [6.07, 6.45) is 0.539. The quantitative estimate of drug-likeness (QED) is 0.250. The van der Waals surface area contributed by atoms with E-state index in [0.717, 1.165) is 0 Å². The van der Waals surface area contributed by atoms with E-state index >= 15 is 0 Å². The Kier molecular flexibility index (Phi) is 6.44. The first-order valence-electron chi connectivity index (χ1n) is 12.4. The second-order valence-corrected chi connectivity index (χ2v) is 9.98. The monoisotopic (exact) mass is 521 g/mol. The third kappa shape index (κ3) is 4.01. The zero-order chi connectivity index (χ0) is 27.3. The molecule has 9 nitrogen and oxygen atoms in total. The number of ketones is 2. The van der Waals surface area contributed by atoms with Gasteiger partial charge in [-0.15, -0.1) is 0 Å². The van der Waals surface area contributed by atoms with Crippen molar-refractivity contribution in [1.82, 2.24) is 5.32 Å². The maximum absolute atomic E-state index is 14.0. The Labute approximate surface area is 217 Å². The summed E-state index contributed by atoms with van der Waals surface area (Å²) < 4.78 is 14.0. The lowest BCUT2D eigenvalue weighted by Crippen LogP contribution is -2.44. The molecular weight excluding hydrogens is 493 g/mol. The number of carbonyl (C=O) groups excluding carboxylic acids is 3. The van der Waals surface area contributed by atoms with Gasteiger partial charge in [-0.25, -0.2) is 4.39 Å². The van der Waals surface area contributed by atoms with Crippen molar-refractivity contribution in [3.8, 4) is 5.75 Å². The number of benzene rings is 2. The minimum absolute atomic E-state index is 0.0530. The number of Topliss-reactive ketones (excluding diaryl/α,β-unsaturated/α-hetero) is 2. The molecule has 0 aromatic heterocycles. The molecule has 3 aliphatic rings. The van der Waals surface area contributed by atoms with Crippen LogP contribution in [0.25, 0.3) is 5.76 Å². The van der Waals surface area contributed by atoms with Crippen LogP contribution in [0.4, 0.5) is 10.1 Å². The average molecular weight is 522 g/mol. The Balaban J connectivity index is 1.52. The maximum Gasteiger partial charge on any atom is 0.255 e. The van der Waals surface area contributed by atoms with E-state index < -0.39 is 52.3 Å². The standard InChI is InChI=1S/C28H28FN3O6/c1-31-18-8-15(11-32-10-12-4-2-3-5-17(12)29)24(34)22-16(18)7-13-6-14-9-19(33)23(28(30)38)27(37)21(14)25(35)20(13)26(22)36/h2-5,8,13-14,21,31-32,34,36-37H,6-7,9-11H2,1H3,(H2,30,38). The molecule has 2 aromatic rings. The number of halogens is 1. The summed E-state index contributed by atoms with van der Waals surface area (Å²) in [5.41, 5.74) is 7.04. The largest absolute Gasteiger partial charge is 0.511 e. The number of nitrogens with one attached hydrogen (secondary N) is 2. The summed E-state index contributed by atoms with van der Waals surface area (Å²) in [5.74, 6) is -6.04. The Morgan fingerprint density at radius 2 is 1.82 bits per heavy atom. The molecule has 5 rings (SSSR count). The van der Waals surface area contributed by atoms with Crippen molar-refractivity contribution in [3.63, 3.8) is 0 Å². The van der Waals surface area contributed by atoms with Crippen LogP contribution < -0.4 is 16.4 Å². The van der Waals surface area contributed by atoms with Gasteiger partial charge in [0.15, 0.2) is 11.6 Å². The predicted molar refractivity (Wildman–Crippen MR) is 136 cm³/mol. The van der Waals surface area contributed by atoms with E-state index in [2.05, 4.69) is 10.6 Å². The number of nitrogens with two attached hydrogens (primary N) is 1. The molecule has 0 bridgehead atoms. The number of primary amides is 1. The molecule has 3 atom stereocenters. The van der Waals surface area contributed by atoms with E-state index in [0.29, 0.717) is 35.2 Å². The number of allylic oxidation sites excluding steroid dienone is 2. The average Bonchev–Trinajstić information content (AvgIpc) is 2.85. The Hall–Kier alpha value is -4.18. The van der Waals surface area contributed by atoms with Gasteiger partial charge in [0, 0.05) is 48.9 Å². The molecule has 7 N–H and O–H groups in total. The van der Waals surface area contributed by atoms with Gasteiger partial charge >= 0.3 is 0 Å². The molecule has 1 fully saturated rings. The van der Waals surface area contributed by atoms with E-state index in [1.165, 1.54) is 6.07 Å². The first-order valence-corrected chi connectivity index (χ1v) is 12.4. The number of aliphatic hydroxyl groups is 2. The van der Waals surface area contributed by atoms with E-state index in [1.54, 1.807) is 31.3 Å². The second kappa shape index (κ2) is 9.60. The molecule has 1 saturated carbocycles. The third-order valence-corrected chi connectivity index (χ3v) is 7.83. The molecule has 0 aliphatic heterocycles. The molecule has 38 heavy (non-hydrogen) atoms. The van der Waals surface area contributed by atoms with E-state index in [4.69, 9.17) is 5.73 Å². The first kappa shape index (κ1) is 25.5. The van der Waals surface area contributed by atoms with Crippen LogP contribution >= 0.6 is 0 Å². The highest BCUT2D eigenvalue weighted by molar-refractivity contribution is 6.21. The highest BCUT2D eigenvalue weighted by atomic mass is 19.1. The summed E-state index contributed by atoms with van der Waals surface area (Å²) in [7, 11) is 1.70. The van der Waals surface area contributed by atoms with Crippen LogP contribution in [0.1, 0.15) is 35.1 Å². The van der Waals surface area contributed by atoms with Crippen LogP contribution in [0.15, 0.2) is 47.2 Å². The molecule has 0 heterocycles. The number of carbonyl (C=O) groups is 3. The van der Waals surface area contributed by atoms with Crippen LogP contribution in [0, 0.1) is 23.6 Å². The number of hydrogen-bond donors (Lipinski definition) is 6. The van der Waals surface area contributed by atoms with Crippen LogP contribution in [-0.4, -0.2) is 39.8 Å². The van der Waals surface area contributed by atoms with Gasteiger partial charge in [0.05, 0.1) is 11.5 Å². The zero-order valence-electron chi connectivity index (χ0n) is 20.7. The first-order chi connectivity index (χ1) is 18.1. The van der Waals surface area contributed by atoms with Crippen molar-refractivity contribution in [2.45, 2.75) is 32.4 Å². The highest BCUT2D eigenvalue weighted by Crippen LogP contribution is 2.51. The molecule has 0 spiro atoms. The molecular formula is C28H28FN3O6. The minimum Gasteiger partial charge on any atom is -0.511 e. The van der Waals surface area contributed by atoms with Crippen molar-refractivity contribution in [1.29, 1.82) is 0 Å². The fourth-order valence-electron chi connectivity index (χ4n) is 6.10. The normalized spacial score (nSPS) is 22.6. The summed E-state index contributed by atoms with van der Waals surface area (Å²) in [5, 5.41) is 39.4. The number of phenols is 1. The van der Waals surface area contributed by atoms with E-state index in [9.17, 15) is 34.1 Å². The minimum atomic E-state index is -1.17. The molecule has 1 amide bonds. The molecule has 3 unspecified atom stereocenters. The van der Waals surface area contributed by atoms with Crippen LogP contribution in [-0.2, 0) is 33.9 Å². The fourth-order valence-corrected chi connectivity index (χ4v) is 6.10. The van der Waals surface area contributed by atoms with Gasteiger partial charge in [0.2, 0.25) is 0 Å².